The summed E-state index contributed by atoms with van der Waals surface area (Å²) in [5.41, 5.74) is 0.332. The molecular weight excluding hydrogens is 353 g/mol. The van der Waals surface area contributed by atoms with E-state index in [0.29, 0.717) is 44.0 Å². The number of imidazole rings is 1. The van der Waals surface area contributed by atoms with Gasteiger partial charge in [-0.2, -0.15) is 4.98 Å². The minimum Gasteiger partial charge on any atom is -0.463 e. The Morgan fingerprint density at radius 3 is 3.11 bits per heavy atom. The average molecular weight is 377 g/mol. The molecule has 9 heteroatoms. The molecule has 146 valence electrons. The van der Waals surface area contributed by atoms with Crippen LogP contribution in [0.15, 0.2) is 11.1 Å². The topological polar surface area (TPSA) is 85.3 Å². The summed E-state index contributed by atoms with van der Waals surface area (Å²) >= 11 is 0. The molecule has 3 fully saturated rings. The van der Waals surface area contributed by atoms with Crippen LogP contribution in [-0.2, 0) is 4.74 Å². The highest BCUT2D eigenvalue weighted by molar-refractivity contribution is 5.69. The number of hydrogen-bond donors (Lipinski definition) is 1. The summed E-state index contributed by atoms with van der Waals surface area (Å²) in [5.74, 6) is 0. The second-order valence-corrected chi connectivity index (χ2v) is 7.90. The van der Waals surface area contributed by atoms with Crippen molar-refractivity contribution in [2.75, 3.05) is 32.9 Å². The van der Waals surface area contributed by atoms with E-state index in [1.807, 2.05) is 4.57 Å². The van der Waals surface area contributed by atoms with Crippen molar-refractivity contribution in [2.45, 2.75) is 49.9 Å². The smallest absolute Gasteiger partial charge is 0.298 e. The molecule has 8 nitrogen and oxygen atoms in total. The number of halogens is 1. The van der Waals surface area contributed by atoms with Gasteiger partial charge in [-0.05, 0) is 32.2 Å². The number of hydrogen-bond acceptors (Lipinski definition) is 6. The molecule has 3 aliphatic heterocycles. The number of nitrogens with zero attached hydrogens (tertiary/aromatic N) is 4. The number of nitrogens with one attached hydrogen (secondary N) is 1. The van der Waals surface area contributed by atoms with Crippen LogP contribution in [0.5, 0.6) is 6.01 Å². The van der Waals surface area contributed by atoms with Crippen molar-refractivity contribution >= 4 is 11.2 Å². The minimum absolute atomic E-state index is 0.160. The Morgan fingerprint density at radius 1 is 1.41 bits per heavy atom. The molecule has 0 radical (unpaired) electrons. The molecule has 1 N–H and O–H groups in total. The van der Waals surface area contributed by atoms with Crippen molar-refractivity contribution in [1.82, 2.24) is 24.4 Å². The number of rotatable bonds is 4. The first-order chi connectivity index (χ1) is 13.1. The first-order valence-corrected chi connectivity index (χ1v) is 9.71. The van der Waals surface area contributed by atoms with E-state index in [4.69, 9.17) is 9.47 Å². The zero-order chi connectivity index (χ0) is 18.4. The van der Waals surface area contributed by atoms with E-state index in [-0.39, 0.29) is 23.2 Å². The highest BCUT2D eigenvalue weighted by atomic mass is 19.1. The van der Waals surface area contributed by atoms with Crippen molar-refractivity contribution in [3.05, 3.63) is 16.7 Å². The molecule has 0 bridgehead atoms. The van der Waals surface area contributed by atoms with Gasteiger partial charge in [-0.1, -0.05) is 0 Å². The lowest BCUT2D eigenvalue weighted by Crippen LogP contribution is -2.43. The Hall–Kier alpha value is -2.00. The normalized spacial score (nSPS) is 29.4. The largest absolute Gasteiger partial charge is 0.463 e. The summed E-state index contributed by atoms with van der Waals surface area (Å²) in [6.45, 7) is 3.09. The molecule has 3 saturated heterocycles. The monoisotopic (exact) mass is 377 g/mol. The van der Waals surface area contributed by atoms with Gasteiger partial charge in [0.15, 0.2) is 11.2 Å². The van der Waals surface area contributed by atoms with Crippen molar-refractivity contribution in [2.24, 2.45) is 0 Å². The van der Waals surface area contributed by atoms with Crippen LogP contribution in [0.2, 0.25) is 0 Å². The van der Waals surface area contributed by atoms with Gasteiger partial charge in [-0.15, -0.1) is 0 Å². The van der Waals surface area contributed by atoms with E-state index in [0.717, 1.165) is 32.2 Å². The molecule has 0 unspecified atom stereocenters. The highest BCUT2D eigenvalue weighted by Gasteiger charge is 2.49. The van der Waals surface area contributed by atoms with Gasteiger partial charge >= 0.3 is 0 Å². The predicted molar refractivity (Wildman–Crippen MR) is 95.8 cm³/mol. The summed E-state index contributed by atoms with van der Waals surface area (Å²) in [4.78, 5) is 26.3. The number of H-pyrrole nitrogens is 1. The fourth-order valence-electron chi connectivity index (χ4n) is 4.89. The molecule has 0 aliphatic carbocycles. The lowest BCUT2D eigenvalue weighted by atomic mass is 9.95. The zero-order valence-electron chi connectivity index (χ0n) is 15.2. The van der Waals surface area contributed by atoms with Gasteiger partial charge in [0.1, 0.15) is 12.8 Å². The molecule has 0 spiro atoms. The van der Waals surface area contributed by atoms with Crippen LogP contribution < -0.4 is 10.3 Å². The second-order valence-electron chi connectivity index (χ2n) is 7.90. The summed E-state index contributed by atoms with van der Waals surface area (Å²) in [5, 5.41) is 0. The SMILES string of the molecule is O=c1[nH]c(OC[C@@]23CCCN2C[C@H](F)C3)nc2ncn(C3CCOCC3)c12. The third-order valence-electron chi connectivity index (χ3n) is 6.24. The van der Waals surface area contributed by atoms with Crippen molar-refractivity contribution in [3.8, 4) is 6.01 Å². The van der Waals surface area contributed by atoms with Crippen LogP contribution in [0.4, 0.5) is 4.39 Å². The first-order valence-electron chi connectivity index (χ1n) is 9.71. The van der Waals surface area contributed by atoms with E-state index in [1.165, 1.54) is 0 Å². The molecule has 0 saturated carbocycles. The minimum atomic E-state index is -0.807. The summed E-state index contributed by atoms with van der Waals surface area (Å²) in [6.07, 6.45) is 5.02. The van der Waals surface area contributed by atoms with Crippen LogP contribution >= 0.6 is 0 Å². The molecule has 3 aliphatic rings. The molecule has 27 heavy (non-hydrogen) atoms. The standard InChI is InChI=1S/C18H24FN5O3/c19-12-8-18(4-1-5-23(18)9-12)10-27-17-21-15-14(16(25)22-17)24(11-20-15)13-2-6-26-7-3-13/h11-13H,1-10H2,(H,21,22,25)/t12-,18+/m1/s1. The van der Waals surface area contributed by atoms with Crippen LogP contribution in [0.1, 0.15) is 38.1 Å². The van der Waals surface area contributed by atoms with Gasteiger partial charge < -0.3 is 14.0 Å². The Labute approximate surface area is 155 Å². The third kappa shape index (κ3) is 2.93. The van der Waals surface area contributed by atoms with Gasteiger partial charge in [0, 0.05) is 32.2 Å². The van der Waals surface area contributed by atoms with E-state index in [9.17, 15) is 9.18 Å². The maximum absolute atomic E-state index is 13.9. The van der Waals surface area contributed by atoms with Crippen LogP contribution in [0.3, 0.4) is 0 Å². The maximum atomic E-state index is 13.9. The van der Waals surface area contributed by atoms with Crippen LogP contribution in [0.25, 0.3) is 11.2 Å². The molecule has 2 aromatic heterocycles. The number of aromatic amines is 1. The van der Waals surface area contributed by atoms with E-state index in [1.54, 1.807) is 6.33 Å². The van der Waals surface area contributed by atoms with Crippen molar-refractivity contribution in [3.63, 3.8) is 0 Å². The number of ether oxygens (including phenoxy) is 2. The second kappa shape index (κ2) is 6.56. The molecule has 2 atom stereocenters. The zero-order valence-corrected chi connectivity index (χ0v) is 15.2. The lowest BCUT2D eigenvalue weighted by Gasteiger charge is -2.30. The Kier molecular flexibility index (Phi) is 4.16. The average Bonchev–Trinajstić information content (AvgIpc) is 3.33. The summed E-state index contributed by atoms with van der Waals surface area (Å²) in [7, 11) is 0. The molecule has 0 amide bonds. The highest BCUT2D eigenvalue weighted by Crippen LogP contribution is 2.40. The van der Waals surface area contributed by atoms with Gasteiger partial charge in [-0.25, -0.2) is 9.37 Å². The lowest BCUT2D eigenvalue weighted by molar-refractivity contribution is 0.0705. The fourth-order valence-corrected chi connectivity index (χ4v) is 4.89. The Morgan fingerprint density at radius 2 is 2.26 bits per heavy atom. The quantitative estimate of drug-likeness (QED) is 0.868. The van der Waals surface area contributed by atoms with Crippen molar-refractivity contribution in [1.29, 1.82) is 0 Å². The Bertz CT molecular complexity index is 893. The molecule has 5 heterocycles. The number of aromatic nitrogens is 4. The third-order valence-corrected chi connectivity index (χ3v) is 6.24. The van der Waals surface area contributed by atoms with Crippen LogP contribution in [-0.4, -0.2) is 69.0 Å². The Balaban J connectivity index is 1.38. The molecular formula is C18H24FN5O3. The van der Waals surface area contributed by atoms with E-state index < -0.39 is 6.17 Å². The molecule has 2 aromatic rings. The van der Waals surface area contributed by atoms with Crippen LogP contribution in [0, 0.1) is 0 Å². The summed E-state index contributed by atoms with van der Waals surface area (Å²) < 4.78 is 27.0. The molecule has 5 rings (SSSR count). The van der Waals surface area contributed by atoms with E-state index >= 15 is 0 Å². The number of alkyl halides is 1. The van der Waals surface area contributed by atoms with Gasteiger partial charge in [-0.3, -0.25) is 14.7 Å². The first kappa shape index (κ1) is 17.1. The van der Waals surface area contributed by atoms with Gasteiger partial charge in [0.2, 0.25) is 0 Å². The van der Waals surface area contributed by atoms with Gasteiger partial charge in [0.25, 0.3) is 11.6 Å². The number of fused-ring (bicyclic) bond motifs is 2. The van der Waals surface area contributed by atoms with Gasteiger partial charge in [0.05, 0.1) is 11.9 Å². The maximum Gasteiger partial charge on any atom is 0.298 e. The predicted octanol–water partition coefficient (Wildman–Crippen LogP) is 1.43. The summed E-state index contributed by atoms with van der Waals surface area (Å²) in [6, 6.07) is 0.359. The van der Waals surface area contributed by atoms with E-state index in [2.05, 4.69) is 19.9 Å². The fraction of sp³-hybridized carbons (Fsp3) is 0.722. The molecule has 0 aromatic carbocycles. The van der Waals surface area contributed by atoms with Crippen molar-refractivity contribution < 1.29 is 13.9 Å².